The van der Waals surface area contributed by atoms with Crippen LogP contribution in [-0.2, 0) is 4.74 Å². The summed E-state index contributed by atoms with van der Waals surface area (Å²) in [5.74, 6) is 0.538. The highest BCUT2D eigenvalue weighted by molar-refractivity contribution is 7.11. The highest BCUT2D eigenvalue weighted by atomic mass is 32.1. The summed E-state index contributed by atoms with van der Waals surface area (Å²) in [6.07, 6.45) is 0. The lowest BCUT2D eigenvalue weighted by Gasteiger charge is -2.24. The number of rotatable bonds is 6. The van der Waals surface area contributed by atoms with Crippen LogP contribution in [0.1, 0.15) is 36.8 Å². The molecule has 0 fully saturated rings. The average molecular weight is 243 g/mol. The maximum Gasteiger partial charge on any atom is 0.134 e. The molecule has 1 heterocycles. The minimum Gasteiger partial charge on any atom is -0.383 e. The van der Waals surface area contributed by atoms with E-state index in [0.717, 1.165) is 16.6 Å². The third-order valence-corrected chi connectivity index (χ3v) is 3.55. The summed E-state index contributed by atoms with van der Waals surface area (Å²) in [7, 11) is 1.73. The normalized spacial score (nSPS) is 15.4. The van der Waals surface area contributed by atoms with Gasteiger partial charge < -0.3 is 10.1 Å². The van der Waals surface area contributed by atoms with E-state index < -0.39 is 0 Å². The molecule has 4 nitrogen and oxygen atoms in total. The molecule has 5 heteroatoms. The topological polar surface area (TPSA) is 47.0 Å². The number of hydrogen-bond acceptors (Lipinski definition) is 5. The van der Waals surface area contributed by atoms with Gasteiger partial charge in [-0.3, -0.25) is 0 Å². The van der Waals surface area contributed by atoms with Crippen LogP contribution in [-0.4, -0.2) is 30.0 Å². The lowest BCUT2D eigenvalue weighted by Crippen LogP contribution is -2.39. The van der Waals surface area contributed by atoms with Gasteiger partial charge in [0.1, 0.15) is 10.0 Å². The number of aromatic nitrogens is 2. The van der Waals surface area contributed by atoms with Gasteiger partial charge in [0, 0.05) is 13.2 Å². The fraction of sp³-hybridized carbons (Fsp3) is 0.818. The Hall–Kier alpha value is -0.520. The molecule has 0 saturated heterocycles. The molecule has 0 aromatic carbocycles. The SMILES string of the molecule is COCC(NC(C)c1nnc(C)s1)C(C)C. The van der Waals surface area contributed by atoms with Crippen LogP contribution >= 0.6 is 11.3 Å². The minimum atomic E-state index is 0.230. The zero-order valence-corrected chi connectivity index (χ0v) is 11.5. The zero-order chi connectivity index (χ0) is 12.1. The smallest absolute Gasteiger partial charge is 0.134 e. The molecule has 1 aromatic heterocycles. The Bertz CT molecular complexity index is 314. The van der Waals surface area contributed by atoms with Crippen LogP contribution in [0.15, 0.2) is 0 Å². The number of ether oxygens (including phenoxy) is 1. The van der Waals surface area contributed by atoms with E-state index in [-0.39, 0.29) is 6.04 Å². The minimum absolute atomic E-state index is 0.230. The molecule has 1 aromatic rings. The van der Waals surface area contributed by atoms with Crippen LogP contribution < -0.4 is 5.32 Å². The summed E-state index contributed by atoms with van der Waals surface area (Å²) >= 11 is 1.64. The Labute approximate surface area is 101 Å². The van der Waals surface area contributed by atoms with E-state index in [9.17, 15) is 0 Å². The third kappa shape index (κ3) is 3.81. The van der Waals surface area contributed by atoms with Crippen LogP contribution in [0.5, 0.6) is 0 Å². The van der Waals surface area contributed by atoms with Crippen LogP contribution in [0.25, 0.3) is 0 Å². The molecular formula is C11H21N3OS. The third-order valence-electron chi connectivity index (χ3n) is 2.53. The second kappa shape index (κ2) is 6.27. The van der Waals surface area contributed by atoms with Crippen molar-refractivity contribution in [2.45, 2.75) is 39.8 Å². The molecule has 0 aliphatic carbocycles. The van der Waals surface area contributed by atoms with Gasteiger partial charge in [-0.1, -0.05) is 13.8 Å². The zero-order valence-electron chi connectivity index (χ0n) is 10.7. The largest absolute Gasteiger partial charge is 0.383 e. The molecule has 0 radical (unpaired) electrons. The summed E-state index contributed by atoms with van der Waals surface area (Å²) in [4.78, 5) is 0. The number of methoxy groups -OCH3 is 1. The molecule has 0 aliphatic rings. The molecular weight excluding hydrogens is 222 g/mol. The summed E-state index contributed by atoms with van der Waals surface area (Å²) in [5.41, 5.74) is 0. The molecule has 1 N–H and O–H groups in total. The van der Waals surface area contributed by atoms with Crippen molar-refractivity contribution in [3.05, 3.63) is 10.0 Å². The Morgan fingerprint density at radius 3 is 2.44 bits per heavy atom. The molecule has 0 bridgehead atoms. The fourth-order valence-corrected chi connectivity index (χ4v) is 2.20. The van der Waals surface area contributed by atoms with E-state index in [4.69, 9.17) is 4.74 Å². The van der Waals surface area contributed by atoms with Gasteiger partial charge in [0.25, 0.3) is 0 Å². The standard InChI is InChI=1S/C11H21N3OS/c1-7(2)10(6-15-5)12-8(3)11-14-13-9(4)16-11/h7-8,10,12H,6H2,1-5H3. The Balaban J connectivity index is 2.57. The van der Waals surface area contributed by atoms with Gasteiger partial charge in [0.15, 0.2) is 0 Å². The first kappa shape index (κ1) is 13.5. The first-order valence-electron chi connectivity index (χ1n) is 5.59. The molecule has 2 unspecified atom stereocenters. The van der Waals surface area contributed by atoms with Crippen LogP contribution in [0, 0.1) is 12.8 Å². The van der Waals surface area contributed by atoms with Crippen molar-refractivity contribution in [3.63, 3.8) is 0 Å². The summed E-state index contributed by atoms with van der Waals surface area (Å²) in [5, 5.41) is 13.8. The number of hydrogen-bond donors (Lipinski definition) is 1. The molecule has 92 valence electrons. The maximum absolute atomic E-state index is 5.21. The molecule has 0 spiro atoms. The monoisotopic (exact) mass is 243 g/mol. The van der Waals surface area contributed by atoms with Crippen molar-refractivity contribution < 1.29 is 4.74 Å². The van der Waals surface area contributed by atoms with E-state index in [1.54, 1.807) is 18.4 Å². The van der Waals surface area contributed by atoms with E-state index in [0.29, 0.717) is 12.0 Å². The van der Waals surface area contributed by atoms with E-state index in [2.05, 4.69) is 36.3 Å². The summed E-state index contributed by atoms with van der Waals surface area (Å²) < 4.78 is 5.21. The highest BCUT2D eigenvalue weighted by Crippen LogP contribution is 2.18. The van der Waals surface area contributed by atoms with Crippen molar-refractivity contribution in [2.24, 2.45) is 5.92 Å². The predicted molar refractivity (Wildman–Crippen MR) is 66.7 cm³/mol. The number of aryl methyl sites for hydroxylation is 1. The molecule has 1 rings (SSSR count). The number of nitrogens with one attached hydrogen (secondary N) is 1. The molecule has 16 heavy (non-hydrogen) atoms. The van der Waals surface area contributed by atoms with Crippen molar-refractivity contribution >= 4 is 11.3 Å². The first-order chi connectivity index (χ1) is 7.54. The predicted octanol–water partition coefficient (Wildman–Crippen LogP) is 2.17. The maximum atomic E-state index is 5.21. The van der Waals surface area contributed by atoms with Gasteiger partial charge in [-0.05, 0) is 19.8 Å². The first-order valence-corrected chi connectivity index (χ1v) is 6.41. The van der Waals surface area contributed by atoms with Crippen molar-refractivity contribution in [1.82, 2.24) is 15.5 Å². The van der Waals surface area contributed by atoms with Gasteiger partial charge in [-0.15, -0.1) is 21.5 Å². The van der Waals surface area contributed by atoms with Crippen LogP contribution in [0.3, 0.4) is 0 Å². The van der Waals surface area contributed by atoms with Crippen LogP contribution in [0.4, 0.5) is 0 Å². The summed E-state index contributed by atoms with van der Waals surface area (Å²) in [6, 6.07) is 0.581. The van der Waals surface area contributed by atoms with Crippen molar-refractivity contribution in [2.75, 3.05) is 13.7 Å². The Morgan fingerprint density at radius 2 is 2.00 bits per heavy atom. The lowest BCUT2D eigenvalue weighted by molar-refractivity contribution is 0.141. The van der Waals surface area contributed by atoms with Crippen molar-refractivity contribution in [3.8, 4) is 0 Å². The molecule has 0 saturated carbocycles. The van der Waals surface area contributed by atoms with Gasteiger partial charge in [-0.25, -0.2) is 0 Å². The second-order valence-electron chi connectivity index (χ2n) is 4.35. The van der Waals surface area contributed by atoms with E-state index in [1.807, 2.05) is 6.92 Å². The van der Waals surface area contributed by atoms with Gasteiger partial charge in [0.05, 0.1) is 12.6 Å². The quantitative estimate of drug-likeness (QED) is 0.832. The Morgan fingerprint density at radius 1 is 1.31 bits per heavy atom. The average Bonchev–Trinajstić information content (AvgIpc) is 2.64. The lowest BCUT2D eigenvalue weighted by atomic mass is 10.0. The fourth-order valence-electron chi connectivity index (χ4n) is 1.49. The van der Waals surface area contributed by atoms with E-state index >= 15 is 0 Å². The number of nitrogens with zero attached hydrogens (tertiary/aromatic N) is 2. The van der Waals surface area contributed by atoms with Crippen molar-refractivity contribution in [1.29, 1.82) is 0 Å². The molecule has 0 aliphatic heterocycles. The van der Waals surface area contributed by atoms with Gasteiger partial charge >= 0.3 is 0 Å². The van der Waals surface area contributed by atoms with Gasteiger partial charge in [0.2, 0.25) is 0 Å². The van der Waals surface area contributed by atoms with Gasteiger partial charge in [-0.2, -0.15) is 0 Å². The summed E-state index contributed by atoms with van der Waals surface area (Å²) in [6.45, 7) is 9.19. The molecule has 2 atom stereocenters. The second-order valence-corrected chi connectivity index (χ2v) is 5.57. The van der Waals surface area contributed by atoms with E-state index in [1.165, 1.54) is 0 Å². The Kier molecular flexibility index (Phi) is 5.31. The van der Waals surface area contributed by atoms with Crippen LogP contribution in [0.2, 0.25) is 0 Å². The highest BCUT2D eigenvalue weighted by Gasteiger charge is 2.18. The molecule has 0 amide bonds.